The van der Waals surface area contributed by atoms with Crippen molar-refractivity contribution in [2.24, 2.45) is 5.92 Å². The van der Waals surface area contributed by atoms with Crippen LogP contribution < -0.4 is 4.90 Å². The average Bonchev–Trinajstić information content (AvgIpc) is 3.43. The highest BCUT2D eigenvalue weighted by Crippen LogP contribution is 2.41. The van der Waals surface area contributed by atoms with E-state index >= 15 is 0 Å². The number of nitrogens with zero attached hydrogens (tertiary/aromatic N) is 4. The summed E-state index contributed by atoms with van der Waals surface area (Å²) in [7, 11) is 1.96. The van der Waals surface area contributed by atoms with Gasteiger partial charge in [0.25, 0.3) is 0 Å². The molecule has 3 heterocycles. The van der Waals surface area contributed by atoms with E-state index in [1.54, 1.807) is 0 Å². The van der Waals surface area contributed by atoms with E-state index < -0.39 is 0 Å². The predicted octanol–water partition coefficient (Wildman–Crippen LogP) is 4.40. The lowest BCUT2D eigenvalue weighted by molar-refractivity contribution is -0.134. The lowest BCUT2D eigenvalue weighted by Gasteiger charge is -2.33. The summed E-state index contributed by atoms with van der Waals surface area (Å²) < 4.78 is 2.13. The molecule has 5 rings (SSSR count). The lowest BCUT2D eigenvalue weighted by atomic mass is 9.87. The van der Waals surface area contributed by atoms with Gasteiger partial charge in [0.2, 0.25) is 5.91 Å². The molecule has 176 valence electrons. The van der Waals surface area contributed by atoms with Gasteiger partial charge in [-0.05, 0) is 55.5 Å². The van der Waals surface area contributed by atoms with Crippen molar-refractivity contribution in [1.82, 2.24) is 14.5 Å². The molecule has 0 radical (unpaired) electrons. The second kappa shape index (κ2) is 9.09. The van der Waals surface area contributed by atoms with Crippen molar-refractivity contribution >= 4 is 17.4 Å². The number of aryl methyl sites for hydroxylation is 2. The van der Waals surface area contributed by atoms with Crippen LogP contribution in [0.25, 0.3) is 11.3 Å². The standard InChI is InChI=1S/C28H32N4O2/c1-19-8-9-22(14-20(19)2)30(3)17-28(34)31-12-10-21(11-13-31)27(33)15-25-23-6-4-5-7-24(23)26-16-29-18-32(25)26/h4-9,14,16,18,21,25H,10-13,15,17H2,1-3H3. The van der Waals surface area contributed by atoms with E-state index in [4.69, 9.17) is 0 Å². The van der Waals surface area contributed by atoms with Gasteiger partial charge in [-0.3, -0.25) is 9.59 Å². The van der Waals surface area contributed by atoms with E-state index in [0.717, 1.165) is 24.2 Å². The van der Waals surface area contributed by atoms with Gasteiger partial charge in [0.1, 0.15) is 5.78 Å². The zero-order valence-corrected chi connectivity index (χ0v) is 20.2. The number of carbonyl (C=O) groups excluding carboxylic acids is 2. The van der Waals surface area contributed by atoms with Crippen molar-refractivity contribution in [3.05, 3.63) is 71.7 Å². The number of aromatic nitrogens is 2. The quantitative estimate of drug-likeness (QED) is 0.552. The molecule has 0 bridgehead atoms. The van der Waals surface area contributed by atoms with Gasteiger partial charge in [-0.15, -0.1) is 0 Å². The number of likely N-dealkylation sites (N-methyl/N-ethyl adjacent to an activating group) is 1. The maximum Gasteiger partial charge on any atom is 0.242 e. The fourth-order valence-electron chi connectivity index (χ4n) is 5.31. The third-order valence-electron chi connectivity index (χ3n) is 7.60. The zero-order valence-electron chi connectivity index (χ0n) is 20.2. The Balaban J connectivity index is 1.17. The molecule has 3 aromatic rings. The van der Waals surface area contributed by atoms with Crippen LogP contribution in [-0.2, 0) is 9.59 Å². The Labute approximate surface area is 201 Å². The van der Waals surface area contributed by atoms with Gasteiger partial charge in [0, 0.05) is 43.7 Å². The molecule has 0 aliphatic carbocycles. The molecule has 0 spiro atoms. The van der Waals surface area contributed by atoms with Crippen LogP contribution in [0.15, 0.2) is 55.0 Å². The number of hydrogen-bond donors (Lipinski definition) is 0. The molecule has 2 aromatic carbocycles. The molecule has 2 aliphatic heterocycles. The number of imidazole rings is 1. The van der Waals surface area contributed by atoms with Crippen LogP contribution in [0.4, 0.5) is 5.69 Å². The molecule has 0 N–H and O–H groups in total. The number of amides is 1. The average molecular weight is 457 g/mol. The van der Waals surface area contributed by atoms with Gasteiger partial charge in [-0.2, -0.15) is 0 Å². The van der Waals surface area contributed by atoms with E-state index in [-0.39, 0.29) is 17.9 Å². The Morgan fingerprint density at radius 3 is 2.59 bits per heavy atom. The van der Waals surface area contributed by atoms with Crippen LogP contribution in [0.3, 0.4) is 0 Å². The summed E-state index contributed by atoms with van der Waals surface area (Å²) in [6, 6.07) is 14.6. The van der Waals surface area contributed by atoms with E-state index in [1.807, 2.05) is 41.5 Å². The molecule has 1 unspecified atom stereocenters. The first-order valence-corrected chi connectivity index (χ1v) is 12.1. The number of anilines is 1. The third kappa shape index (κ3) is 4.13. The minimum absolute atomic E-state index is 0.0151. The summed E-state index contributed by atoms with van der Waals surface area (Å²) in [4.78, 5) is 34.4. The Morgan fingerprint density at radius 2 is 1.82 bits per heavy atom. The summed E-state index contributed by atoms with van der Waals surface area (Å²) in [5.41, 5.74) is 6.99. The van der Waals surface area contributed by atoms with Crippen LogP contribution >= 0.6 is 0 Å². The highest BCUT2D eigenvalue weighted by molar-refractivity contribution is 5.85. The van der Waals surface area contributed by atoms with Crippen LogP contribution in [0.5, 0.6) is 0 Å². The second-order valence-corrected chi connectivity index (χ2v) is 9.74. The maximum atomic E-state index is 13.2. The number of carbonyl (C=O) groups is 2. The summed E-state index contributed by atoms with van der Waals surface area (Å²) in [5.74, 6) is 0.432. The van der Waals surface area contributed by atoms with Gasteiger partial charge < -0.3 is 14.4 Å². The molecule has 34 heavy (non-hydrogen) atoms. The molecule has 1 atom stereocenters. The Bertz CT molecular complexity index is 1220. The van der Waals surface area contributed by atoms with E-state index in [2.05, 4.69) is 53.7 Å². The molecule has 1 aromatic heterocycles. The first-order chi connectivity index (χ1) is 16.4. The first-order valence-electron chi connectivity index (χ1n) is 12.1. The molecule has 6 nitrogen and oxygen atoms in total. The van der Waals surface area contributed by atoms with Crippen molar-refractivity contribution in [3.63, 3.8) is 0 Å². The Hall–Kier alpha value is -3.41. The molecule has 6 heteroatoms. The predicted molar refractivity (Wildman–Crippen MR) is 134 cm³/mol. The van der Waals surface area contributed by atoms with Crippen molar-refractivity contribution in [2.75, 3.05) is 31.6 Å². The van der Waals surface area contributed by atoms with Crippen LogP contribution in [0.2, 0.25) is 0 Å². The second-order valence-electron chi connectivity index (χ2n) is 9.74. The number of benzene rings is 2. The van der Waals surface area contributed by atoms with Crippen molar-refractivity contribution in [2.45, 2.75) is 39.2 Å². The largest absolute Gasteiger partial charge is 0.365 e. The van der Waals surface area contributed by atoms with Crippen LogP contribution in [0.1, 0.15) is 42.0 Å². The highest BCUT2D eigenvalue weighted by Gasteiger charge is 2.33. The summed E-state index contributed by atoms with van der Waals surface area (Å²) in [6.45, 7) is 5.83. The third-order valence-corrected chi connectivity index (χ3v) is 7.60. The first kappa shape index (κ1) is 22.4. The number of rotatable bonds is 6. The number of hydrogen-bond acceptors (Lipinski definition) is 4. The van der Waals surface area contributed by atoms with Gasteiger partial charge in [0.15, 0.2) is 0 Å². The zero-order chi connectivity index (χ0) is 23.8. The summed E-state index contributed by atoms with van der Waals surface area (Å²) >= 11 is 0. The summed E-state index contributed by atoms with van der Waals surface area (Å²) in [5, 5.41) is 0. The number of Topliss-reactive ketones (excluding diaryl/α,β-unsaturated/α-hetero) is 1. The van der Waals surface area contributed by atoms with Gasteiger partial charge >= 0.3 is 0 Å². The van der Waals surface area contributed by atoms with E-state index in [0.29, 0.717) is 31.8 Å². The molecule has 1 saturated heterocycles. The molecule has 2 aliphatic rings. The molecule has 1 fully saturated rings. The minimum atomic E-state index is 0.0151. The van der Waals surface area contributed by atoms with Gasteiger partial charge in [-0.25, -0.2) is 4.98 Å². The number of fused-ring (bicyclic) bond motifs is 3. The molecule has 1 amide bonds. The van der Waals surface area contributed by atoms with Crippen molar-refractivity contribution < 1.29 is 9.59 Å². The maximum absolute atomic E-state index is 13.2. The van der Waals surface area contributed by atoms with Gasteiger partial charge in [0.05, 0.1) is 30.8 Å². The Kier molecular flexibility index (Phi) is 5.98. The van der Waals surface area contributed by atoms with Crippen molar-refractivity contribution in [3.8, 4) is 11.3 Å². The number of ketones is 1. The smallest absolute Gasteiger partial charge is 0.242 e. The van der Waals surface area contributed by atoms with Crippen LogP contribution in [0, 0.1) is 19.8 Å². The Morgan fingerprint density at radius 1 is 1.06 bits per heavy atom. The normalized spacial score (nSPS) is 17.4. The summed E-state index contributed by atoms with van der Waals surface area (Å²) in [6.07, 6.45) is 5.67. The lowest BCUT2D eigenvalue weighted by Crippen LogP contribution is -2.44. The van der Waals surface area contributed by atoms with Gasteiger partial charge in [-0.1, -0.05) is 30.3 Å². The topological polar surface area (TPSA) is 58.4 Å². The fourth-order valence-corrected chi connectivity index (χ4v) is 5.31. The number of likely N-dealkylation sites (tertiary alicyclic amines) is 1. The molecular formula is C28H32N4O2. The SMILES string of the molecule is Cc1ccc(N(C)CC(=O)N2CCC(C(=O)CC3c4ccccc4-c4cncn43)CC2)cc1C. The fraction of sp³-hybridized carbons (Fsp3) is 0.393. The monoisotopic (exact) mass is 456 g/mol. The van der Waals surface area contributed by atoms with E-state index in [9.17, 15) is 9.59 Å². The molecule has 0 saturated carbocycles. The highest BCUT2D eigenvalue weighted by atomic mass is 16.2. The molecular weight excluding hydrogens is 424 g/mol. The van der Waals surface area contributed by atoms with E-state index in [1.165, 1.54) is 22.3 Å². The minimum Gasteiger partial charge on any atom is -0.365 e. The number of piperidine rings is 1. The van der Waals surface area contributed by atoms with Crippen molar-refractivity contribution in [1.29, 1.82) is 0 Å². The van der Waals surface area contributed by atoms with Crippen LogP contribution in [-0.4, -0.2) is 52.8 Å².